The molecule has 1 aromatic carbocycles. The summed E-state index contributed by atoms with van der Waals surface area (Å²) in [5.41, 5.74) is 1.99. The number of aromatic nitrogens is 1. The maximum absolute atomic E-state index is 10.7. The van der Waals surface area contributed by atoms with Gasteiger partial charge in [-0.25, -0.2) is 0 Å². The van der Waals surface area contributed by atoms with Crippen molar-refractivity contribution >= 4 is 16.6 Å². The molecule has 1 aromatic heterocycles. The molecule has 0 radical (unpaired) electrons. The maximum Gasteiger partial charge on any atom is 0.294 e. The number of nitrogens with one attached hydrogen (secondary N) is 2. The second-order valence-corrected chi connectivity index (χ2v) is 3.30. The number of nitro groups is 1. The first-order valence-corrected chi connectivity index (χ1v) is 4.62. The molecular formula is C10H11N3O2. The summed E-state index contributed by atoms with van der Waals surface area (Å²) in [4.78, 5) is 13.3. The topological polar surface area (TPSA) is 71.0 Å². The molecule has 78 valence electrons. The zero-order valence-electron chi connectivity index (χ0n) is 8.28. The molecule has 0 bridgehead atoms. The number of H-pyrrole nitrogens is 1. The van der Waals surface area contributed by atoms with Gasteiger partial charge in [0.2, 0.25) is 0 Å². The van der Waals surface area contributed by atoms with Crippen LogP contribution in [0.2, 0.25) is 0 Å². The lowest BCUT2D eigenvalue weighted by atomic mass is 10.1. The summed E-state index contributed by atoms with van der Waals surface area (Å²) in [6, 6.07) is 5.53. The molecule has 0 spiro atoms. The fourth-order valence-electron chi connectivity index (χ4n) is 1.69. The molecule has 0 aliphatic heterocycles. The van der Waals surface area contributed by atoms with Gasteiger partial charge in [0.15, 0.2) is 0 Å². The van der Waals surface area contributed by atoms with E-state index in [4.69, 9.17) is 0 Å². The van der Waals surface area contributed by atoms with Gasteiger partial charge in [0.1, 0.15) is 0 Å². The molecule has 0 fully saturated rings. The number of benzene rings is 1. The molecule has 5 nitrogen and oxygen atoms in total. The molecule has 0 aliphatic rings. The Morgan fingerprint density at radius 3 is 3.00 bits per heavy atom. The van der Waals surface area contributed by atoms with E-state index < -0.39 is 0 Å². The Morgan fingerprint density at radius 1 is 1.53 bits per heavy atom. The number of para-hydroxylation sites is 1. The third-order valence-corrected chi connectivity index (χ3v) is 2.34. The Kier molecular flexibility index (Phi) is 2.39. The quantitative estimate of drug-likeness (QED) is 0.592. The predicted molar refractivity (Wildman–Crippen MR) is 57.7 cm³/mol. The summed E-state index contributed by atoms with van der Waals surface area (Å²) in [7, 11) is 1.84. The maximum atomic E-state index is 10.7. The molecule has 0 aliphatic carbocycles. The molecule has 0 atom stereocenters. The smallest absolute Gasteiger partial charge is 0.294 e. The Labute approximate surface area is 86.3 Å². The molecule has 2 aromatic rings. The normalized spacial score (nSPS) is 10.7. The van der Waals surface area contributed by atoms with Gasteiger partial charge >= 0.3 is 0 Å². The number of aromatic amines is 1. The summed E-state index contributed by atoms with van der Waals surface area (Å²) in [6.07, 6.45) is 1.43. The number of hydrogen-bond acceptors (Lipinski definition) is 3. The molecular weight excluding hydrogens is 194 g/mol. The molecule has 2 rings (SSSR count). The van der Waals surface area contributed by atoms with Crippen LogP contribution in [0, 0.1) is 10.1 Å². The zero-order valence-corrected chi connectivity index (χ0v) is 8.28. The molecule has 0 amide bonds. The van der Waals surface area contributed by atoms with E-state index in [1.165, 1.54) is 6.20 Å². The lowest BCUT2D eigenvalue weighted by molar-refractivity contribution is -0.383. The monoisotopic (exact) mass is 205 g/mol. The van der Waals surface area contributed by atoms with Crippen LogP contribution < -0.4 is 5.32 Å². The summed E-state index contributed by atoms with van der Waals surface area (Å²) in [6.45, 7) is 0.689. The minimum Gasteiger partial charge on any atom is -0.355 e. The van der Waals surface area contributed by atoms with Gasteiger partial charge in [-0.1, -0.05) is 12.1 Å². The molecule has 5 heteroatoms. The van der Waals surface area contributed by atoms with Crippen molar-refractivity contribution in [3.8, 4) is 0 Å². The minimum absolute atomic E-state index is 0.128. The van der Waals surface area contributed by atoms with Crippen molar-refractivity contribution in [2.45, 2.75) is 6.54 Å². The largest absolute Gasteiger partial charge is 0.355 e. The van der Waals surface area contributed by atoms with E-state index in [1.54, 1.807) is 6.07 Å². The number of nitrogens with zero attached hydrogens (tertiary/aromatic N) is 1. The lowest BCUT2D eigenvalue weighted by Crippen LogP contribution is -2.05. The highest BCUT2D eigenvalue weighted by Gasteiger charge is 2.14. The van der Waals surface area contributed by atoms with E-state index in [2.05, 4.69) is 10.3 Å². The van der Waals surface area contributed by atoms with E-state index >= 15 is 0 Å². The van der Waals surface area contributed by atoms with Crippen LogP contribution in [-0.4, -0.2) is 17.0 Å². The van der Waals surface area contributed by atoms with Crippen LogP contribution in [-0.2, 0) is 6.54 Å². The van der Waals surface area contributed by atoms with Crippen molar-refractivity contribution in [2.24, 2.45) is 0 Å². The first-order chi connectivity index (χ1) is 7.24. The van der Waals surface area contributed by atoms with Crippen LogP contribution in [0.25, 0.3) is 10.9 Å². The highest BCUT2D eigenvalue weighted by Crippen LogP contribution is 2.27. The van der Waals surface area contributed by atoms with Gasteiger partial charge in [0.05, 0.1) is 22.0 Å². The van der Waals surface area contributed by atoms with Gasteiger partial charge < -0.3 is 10.3 Å². The summed E-state index contributed by atoms with van der Waals surface area (Å²) < 4.78 is 0. The van der Waals surface area contributed by atoms with Crippen LogP contribution in [0.4, 0.5) is 5.69 Å². The molecule has 15 heavy (non-hydrogen) atoms. The van der Waals surface area contributed by atoms with Gasteiger partial charge in [0, 0.05) is 6.54 Å². The van der Waals surface area contributed by atoms with Gasteiger partial charge in [-0.3, -0.25) is 10.1 Å². The van der Waals surface area contributed by atoms with Gasteiger partial charge in [0.25, 0.3) is 5.69 Å². The number of fused-ring (bicyclic) bond motifs is 1. The van der Waals surface area contributed by atoms with Crippen molar-refractivity contribution < 1.29 is 4.92 Å². The highest BCUT2D eigenvalue weighted by molar-refractivity contribution is 5.91. The van der Waals surface area contributed by atoms with Crippen molar-refractivity contribution in [1.29, 1.82) is 0 Å². The number of hydrogen-bond donors (Lipinski definition) is 2. The fraction of sp³-hybridized carbons (Fsp3) is 0.200. The Bertz CT molecular complexity index is 504. The van der Waals surface area contributed by atoms with Crippen LogP contribution in [0.3, 0.4) is 0 Å². The van der Waals surface area contributed by atoms with Crippen molar-refractivity contribution in [2.75, 3.05) is 7.05 Å². The minimum atomic E-state index is -0.373. The first kappa shape index (κ1) is 9.67. The van der Waals surface area contributed by atoms with E-state index in [9.17, 15) is 10.1 Å². The van der Waals surface area contributed by atoms with Gasteiger partial charge in [-0.2, -0.15) is 0 Å². The van der Waals surface area contributed by atoms with Crippen LogP contribution in [0.5, 0.6) is 0 Å². The Balaban J connectivity index is 2.63. The predicted octanol–water partition coefficient (Wildman–Crippen LogP) is 1.80. The molecule has 0 unspecified atom stereocenters. The van der Waals surface area contributed by atoms with Gasteiger partial charge in [-0.05, 0) is 18.7 Å². The standard InChI is InChI=1S/C10H11N3O2/c1-11-5-7-3-2-4-8-9(13(14)15)6-12-10(7)8/h2-4,6,11-12H,5H2,1H3. The second kappa shape index (κ2) is 3.70. The Morgan fingerprint density at radius 2 is 2.33 bits per heavy atom. The molecule has 2 N–H and O–H groups in total. The SMILES string of the molecule is CNCc1cccc2c([N+](=O)[O-])c[nH]c12. The third-order valence-electron chi connectivity index (χ3n) is 2.34. The molecule has 0 saturated heterocycles. The highest BCUT2D eigenvalue weighted by atomic mass is 16.6. The van der Waals surface area contributed by atoms with Crippen molar-refractivity contribution in [1.82, 2.24) is 10.3 Å². The van der Waals surface area contributed by atoms with Crippen molar-refractivity contribution in [3.63, 3.8) is 0 Å². The molecule has 0 saturated carbocycles. The van der Waals surface area contributed by atoms with Crippen LogP contribution in [0.15, 0.2) is 24.4 Å². The fourth-order valence-corrected chi connectivity index (χ4v) is 1.69. The zero-order chi connectivity index (χ0) is 10.8. The average Bonchev–Trinajstić information content (AvgIpc) is 2.62. The second-order valence-electron chi connectivity index (χ2n) is 3.30. The summed E-state index contributed by atoms with van der Waals surface area (Å²) in [5.74, 6) is 0. The first-order valence-electron chi connectivity index (χ1n) is 4.62. The van der Waals surface area contributed by atoms with E-state index in [0.717, 1.165) is 11.1 Å². The Hall–Kier alpha value is -1.88. The summed E-state index contributed by atoms with van der Waals surface area (Å²) >= 11 is 0. The molecule has 1 heterocycles. The van der Waals surface area contributed by atoms with E-state index in [0.29, 0.717) is 11.9 Å². The van der Waals surface area contributed by atoms with E-state index in [1.807, 2.05) is 19.2 Å². The van der Waals surface area contributed by atoms with Gasteiger partial charge in [-0.15, -0.1) is 0 Å². The number of rotatable bonds is 3. The third kappa shape index (κ3) is 1.57. The average molecular weight is 205 g/mol. The summed E-state index contributed by atoms with van der Waals surface area (Å²) in [5, 5.41) is 14.4. The lowest BCUT2D eigenvalue weighted by Gasteiger charge is -2.00. The van der Waals surface area contributed by atoms with Crippen LogP contribution >= 0.6 is 0 Å². The van der Waals surface area contributed by atoms with Crippen molar-refractivity contribution in [3.05, 3.63) is 40.1 Å². The van der Waals surface area contributed by atoms with E-state index in [-0.39, 0.29) is 10.6 Å². The van der Waals surface area contributed by atoms with Crippen LogP contribution in [0.1, 0.15) is 5.56 Å².